The molecule has 2 rings (SSSR count). The molecule has 1 aromatic heterocycles. The molecule has 1 amide bonds. The summed E-state index contributed by atoms with van der Waals surface area (Å²) in [7, 11) is 0. The van der Waals surface area contributed by atoms with Gasteiger partial charge in [0.1, 0.15) is 5.82 Å². The lowest BCUT2D eigenvalue weighted by Crippen LogP contribution is -2.42. The number of pyridine rings is 1. The van der Waals surface area contributed by atoms with Gasteiger partial charge in [-0.15, -0.1) is 0 Å². The van der Waals surface area contributed by atoms with Gasteiger partial charge in [-0.3, -0.25) is 4.79 Å². The molecule has 5 heteroatoms. The van der Waals surface area contributed by atoms with Crippen LogP contribution in [0, 0.1) is 5.92 Å². The summed E-state index contributed by atoms with van der Waals surface area (Å²) < 4.78 is 0. The molecule has 0 saturated carbocycles. The molecule has 0 aliphatic carbocycles. The Hall–Kier alpha value is -1.62. The third kappa shape index (κ3) is 2.61. The average Bonchev–Trinajstić information content (AvgIpc) is 2.39. The lowest BCUT2D eigenvalue weighted by Gasteiger charge is -2.33. The number of piperidine rings is 1. The summed E-state index contributed by atoms with van der Waals surface area (Å²) in [4.78, 5) is 17.8. The second-order valence-corrected chi connectivity index (χ2v) is 4.89. The number of anilines is 1. The number of hydrogen-bond acceptors (Lipinski definition) is 4. The molecule has 0 spiro atoms. The monoisotopic (exact) mass is 248 g/mol. The zero-order valence-electron chi connectivity index (χ0n) is 10.7. The molecule has 1 fully saturated rings. The van der Waals surface area contributed by atoms with Crippen molar-refractivity contribution in [2.24, 2.45) is 17.4 Å². The van der Waals surface area contributed by atoms with Gasteiger partial charge in [-0.2, -0.15) is 0 Å². The van der Waals surface area contributed by atoms with Crippen molar-refractivity contribution >= 4 is 11.7 Å². The maximum absolute atomic E-state index is 11.3. The highest BCUT2D eigenvalue weighted by Gasteiger charge is 2.26. The number of hydrogen-bond donors (Lipinski definition) is 2. The Morgan fingerprint density at radius 1 is 1.61 bits per heavy atom. The fourth-order valence-electron chi connectivity index (χ4n) is 2.43. The molecule has 0 bridgehead atoms. The Balaban J connectivity index is 2.23. The largest absolute Gasteiger partial charge is 0.369 e. The fraction of sp³-hybridized carbons (Fsp3) is 0.538. The van der Waals surface area contributed by atoms with Gasteiger partial charge in [0.05, 0.1) is 5.92 Å². The number of carbonyl (C=O) groups excluding carboxylic acids is 1. The average molecular weight is 248 g/mol. The molecular formula is C13H20N4O. The Morgan fingerprint density at radius 2 is 2.39 bits per heavy atom. The first kappa shape index (κ1) is 12.8. The minimum atomic E-state index is -0.224. The summed E-state index contributed by atoms with van der Waals surface area (Å²) in [5, 5.41) is 0. The van der Waals surface area contributed by atoms with Crippen LogP contribution < -0.4 is 16.4 Å². The van der Waals surface area contributed by atoms with E-state index in [9.17, 15) is 4.79 Å². The number of aromatic nitrogens is 1. The molecule has 5 nitrogen and oxygen atoms in total. The van der Waals surface area contributed by atoms with Crippen LogP contribution in [-0.4, -0.2) is 24.0 Å². The lowest BCUT2D eigenvalue weighted by atomic mass is 9.97. The number of rotatable bonds is 3. The zero-order chi connectivity index (χ0) is 13.1. The molecule has 1 saturated heterocycles. The highest BCUT2D eigenvalue weighted by atomic mass is 16.1. The molecule has 2 atom stereocenters. The van der Waals surface area contributed by atoms with Gasteiger partial charge in [-0.05, 0) is 25.8 Å². The van der Waals surface area contributed by atoms with Crippen molar-refractivity contribution < 1.29 is 4.79 Å². The van der Waals surface area contributed by atoms with E-state index in [4.69, 9.17) is 11.5 Å². The van der Waals surface area contributed by atoms with E-state index in [1.165, 1.54) is 0 Å². The minimum Gasteiger partial charge on any atom is -0.369 e. The number of nitrogens with zero attached hydrogens (tertiary/aromatic N) is 2. The minimum absolute atomic E-state index is 0.0670. The molecule has 0 radical (unpaired) electrons. The molecule has 1 aliphatic rings. The molecule has 98 valence electrons. The van der Waals surface area contributed by atoms with Crippen molar-refractivity contribution in [1.82, 2.24) is 4.98 Å². The van der Waals surface area contributed by atoms with Crippen molar-refractivity contribution in [1.29, 1.82) is 0 Å². The van der Waals surface area contributed by atoms with Crippen LogP contribution in [0.5, 0.6) is 0 Å². The predicted octanol–water partition coefficient (Wildman–Crippen LogP) is 0.803. The second-order valence-electron chi connectivity index (χ2n) is 4.89. The predicted molar refractivity (Wildman–Crippen MR) is 71.0 cm³/mol. The number of carbonyl (C=O) groups is 1. The van der Waals surface area contributed by atoms with Crippen LogP contribution in [0.2, 0.25) is 0 Å². The third-order valence-electron chi connectivity index (χ3n) is 3.43. The van der Waals surface area contributed by atoms with Crippen LogP contribution in [0.4, 0.5) is 5.82 Å². The summed E-state index contributed by atoms with van der Waals surface area (Å²) in [6.07, 6.45) is 3.59. The van der Waals surface area contributed by atoms with Crippen molar-refractivity contribution in [3.8, 4) is 0 Å². The van der Waals surface area contributed by atoms with Crippen molar-refractivity contribution in [3.63, 3.8) is 0 Å². The molecule has 1 aliphatic heterocycles. The Morgan fingerprint density at radius 3 is 3.06 bits per heavy atom. The normalized spacial score (nSPS) is 21.7. The van der Waals surface area contributed by atoms with Crippen LogP contribution >= 0.6 is 0 Å². The lowest BCUT2D eigenvalue weighted by molar-refractivity contribution is -0.122. The van der Waals surface area contributed by atoms with Gasteiger partial charge in [0.2, 0.25) is 5.91 Å². The van der Waals surface area contributed by atoms with E-state index in [1.807, 2.05) is 19.1 Å². The van der Waals surface area contributed by atoms with Crippen LogP contribution in [0.3, 0.4) is 0 Å². The summed E-state index contributed by atoms with van der Waals surface area (Å²) >= 11 is 0. The quantitative estimate of drug-likeness (QED) is 0.828. The van der Waals surface area contributed by atoms with Gasteiger partial charge in [-0.25, -0.2) is 4.98 Å². The van der Waals surface area contributed by atoms with Crippen LogP contribution in [0.25, 0.3) is 0 Å². The summed E-state index contributed by atoms with van der Waals surface area (Å²) in [6, 6.07) is 3.81. The van der Waals surface area contributed by atoms with Gasteiger partial charge in [0.25, 0.3) is 0 Å². The van der Waals surface area contributed by atoms with E-state index >= 15 is 0 Å². The summed E-state index contributed by atoms with van der Waals surface area (Å²) in [6.45, 7) is 3.49. The number of amides is 1. The van der Waals surface area contributed by atoms with E-state index in [2.05, 4.69) is 9.88 Å². The zero-order valence-corrected chi connectivity index (χ0v) is 10.7. The topological polar surface area (TPSA) is 85.2 Å². The first-order valence-electron chi connectivity index (χ1n) is 6.34. The highest BCUT2D eigenvalue weighted by molar-refractivity contribution is 5.77. The first-order chi connectivity index (χ1) is 8.59. The second kappa shape index (κ2) is 5.35. The Kier molecular flexibility index (Phi) is 3.81. The van der Waals surface area contributed by atoms with Crippen molar-refractivity contribution in [2.45, 2.75) is 25.8 Å². The van der Waals surface area contributed by atoms with E-state index in [0.717, 1.165) is 30.8 Å². The van der Waals surface area contributed by atoms with E-state index in [-0.39, 0.29) is 17.9 Å². The maximum Gasteiger partial charge on any atom is 0.222 e. The van der Waals surface area contributed by atoms with Crippen LogP contribution in [0.1, 0.15) is 31.4 Å². The van der Waals surface area contributed by atoms with Gasteiger partial charge < -0.3 is 16.4 Å². The molecule has 0 aromatic carbocycles. The van der Waals surface area contributed by atoms with E-state index < -0.39 is 0 Å². The fourth-order valence-corrected chi connectivity index (χ4v) is 2.43. The highest BCUT2D eigenvalue weighted by Crippen LogP contribution is 2.27. The van der Waals surface area contributed by atoms with Crippen LogP contribution in [-0.2, 0) is 4.79 Å². The third-order valence-corrected chi connectivity index (χ3v) is 3.43. The molecule has 18 heavy (non-hydrogen) atoms. The van der Waals surface area contributed by atoms with Gasteiger partial charge >= 0.3 is 0 Å². The first-order valence-corrected chi connectivity index (χ1v) is 6.34. The SMILES string of the molecule is C[C@@H](N)c1cccnc1N1CCCC(C(N)=O)C1. The summed E-state index contributed by atoms with van der Waals surface area (Å²) in [5.74, 6) is 0.582. The summed E-state index contributed by atoms with van der Waals surface area (Å²) in [5.41, 5.74) is 12.4. The molecular weight excluding hydrogens is 228 g/mol. The van der Waals surface area contributed by atoms with Crippen molar-refractivity contribution in [2.75, 3.05) is 18.0 Å². The molecule has 1 unspecified atom stereocenters. The van der Waals surface area contributed by atoms with Gasteiger partial charge in [-0.1, -0.05) is 6.07 Å². The Labute approximate surface area is 107 Å². The smallest absolute Gasteiger partial charge is 0.222 e. The maximum atomic E-state index is 11.3. The van der Waals surface area contributed by atoms with Gasteiger partial charge in [0, 0.05) is 30.9 Å². The van der Waals surface area contributed by atoms with Gasteiger partial charge in [0.15, 0.2) is 0 Å². The standard InChI is InChI=1S/C13H20N4O/c1-9(14)11-5-2-6-16-13(11)17-7-3-4-10(8-17)12(15)18/h2,5-6,9-10H,3-4,7-8,14H2,1H3,(H2,15,18)/t9-,10?/m1/s1. The molecule has 1 aromatic rings. The number of nitrogens with two attached hydrogens (primary N) is 2. The molecule has 4 N–H and O–H groups in total. The molecule has 2 heterocycles. The van der Waals surface area contributed by atoms with E-state index in [0.29, 0.717) is 6.54 Å². The van der Waals surface area contributed by atoms with Crippen LogP contribution in [0.15, 0.2) is 18.3 Å². The Bertz CT molecular complexity index is 433. The van der Waals surface area contributed by atoms with E-state index in [1.54, 1.807) is 6.20 Å². The number of primary amides is 1. The van der Waals surface area contributed by atoms with Crippen molar-refractivity contribution in [3.05, 3.63) is 23.9 Å².